The summed E-state index contributed by atoms with van der Waals surface area (Å²) in [6.07, 6.45) is -0.841. The Labute approximate surface area is 136 Å². The van der Waals surface area contributed by atoms with E-state index in [9.17, 15) is 9.59 Å². The zero-order valence-corrected chi connectivity index (χ0v) is 13.6. The van der Waals surface area contributed by atoms with Gasteiger partial charge in [-0.1, -0.05) is 12.1 Å². The fourth-order valence-corrected chi connectivity index (χ4v) is 2.57. The topological polar surface area (TPSA) is 78.9 Å². The average Bonchev–Trinajstić information content (AvgIpc) is 2.48. The first-order valence-corrected chi connectivity index (χ1v) is 7.74. The number of carboxylic acid groups (broad SMARTS) is 1. The van der Waals surface area contributed by atoms with Gasteiger partial charge in [0.1, 0.15) is 6.04 Å². The summed E-state index contributed by atoms with van der Waals surface area (Å²) in [5.74, 6) is -0.195. The molecular formula is C14H17IN2O4. The summed E-state index contributed by atoms with van der Waals surface area (Å²) in [4.78, 5) is 25.0. The summed E-state index contributed by atoms with van der Waals surface area (Å²) in [6, 6.07) is 6.93. The van der Waals surface area contributed by atoms with Gasteiger partial charge in [-0.15, -0.1) is 0 Å². The fourth-order valence-electron chi connectivity index (χ4n) is 2.21. The molecule has 114 valence electrons. The molecule has 1 aliphatic rings. The summed E-state index contributed by atoms with van der Waals surface area (Å²) in [6.45, 7) is 2.00. The van der Waals surface area contributed by atoms with Crippen molar-refractivity contribution in [1.29, 1.82) is 0 Å². The van der Waals surface area contributed by atoms with Gasteiger partial charge in [-0.05, 0) is 40.3 Å². The quantitative estimate of drug-likeness (QED) is 0.743. The number of nitrogens with one attached hydrogen (secondary N) is 1. The maximum atomic E-state index is 12.4. The highest BCUT2D eigenvalue weighted by Crippen LogP contribution is 2.11. The summed E-state index contributed by atoms with van der Waals surface area (Å²) in [5.41, 5.74) is 0.927. The first-order valence-electron chi connectivity index (χ1n) is 6.66. The molecule has 1 saturated heterocycles. The molecule has 1 atom stereocenters. The van der Waals surface area contributed by atoms with E-state index in [0.29, 0.717) is 32.7 Å². The minimum Gasteiger partial charge on any atom is -0.465 e. The van der Waals surface area contributed by atoms with Gasteiger partial charge < -0.3 is 20.1 Å². The number of amides is 2. The van der Waals surface area contributed by atoms with Crippen molar-refractivity contribution in [2.75, 3.05) is 26.3 Å². The molecule has 0 bridgehead atoms. The standard InChI is InChI=1S/C14H17IN2O4/c15-11-3-1-10(2-4-11)9-12(16-14(19)20)13(18)17-5-7-21-8-6-17/h1-4,12,16H,5-9H2,(H,19,20)/t12-/m1/s1. The van der Waals surface area contributed by atoms with E-state index in [0.717, 1.165) is 9.13 Å². The number of halogens is 1. The number of carbonyl (C=O) groups excluding carboxylic acids is 1. The second kappa shape index (κ2) is 7.60. The zero-order valence-electron chi connectivity index (χ0n) is 11.4. The summed E-state index contributed by atoms with van der Waals surface area (Å²) < 4.78 is 6.31. The minimum atomic E-state index is -1.19. The Hall–Kier alpha value is -1.35. The summed E-state index contributed by atoms with van der Waals surface area (Å²) >= 11 is 2.20. The van der Waals surface area contributed by atoms with Crippen molar-refractivity contribution in [3.8, 4) is 0 Å². The van der Waals surface area contributed by atoms with Crippen molar-refractivity contribution in [2.24, 2.45) is 0 Å². The Morgan fingerprint density at radius 2 is 1.90 bits per heavy atom. The van der Waals surface area contributed by atoms with Gasteiger partial charge >= 0.3 is 6.09 Å². The Morgan fingerprint density at radius 1 is 1.29 bits per heavy atom. The lowest BCUT2D eigenvalue weighted by Crippen LogP contribution is -2.52. The van der Waals surface area contributed by atoms with Gasteiger partial charge in [0.05, 0.1) is 13.2 Å². The highest BCUT2D eigenvalue weighted by Gasteiger charge is 2.27. The van der Waals surface area contributed by atoms with Crippen LogP contribution in [0.5, 0.6) is 0 Å². The largest absolute Gasteiger partial charge is 0.465 e. The van der Waals surface area contributed by atoms with E-state index in [1.807, 2.05) is 24.3 Å². The zero-order chi connectivity index (χ0) is 15.2. The van der Waals surface area contributed by atoms with Crippen LogP contribution in [-0.2, 0) is 16.0 Å². The molecule has 1 aliphatic heterocycles. The Bertz CT molecular complexity index is 500. The van der Waals surface area contributed by atoms with Crippen LogP contribution in [0.1, 0.15) is 5.56 Å². The fraction of sp³-hybridized carbons (Fsp3) is 0.429. The van der Waals surface area contributed by atoms with Crippen LogP contribution in [0.4, 0.5) is 4.79 Å². The molecule has 0 unspecified atom stereocenters. The third-order valence-electron chi connectivity index (χ3n) is 3.27. The average molecular weight is 404 g/mol. The highest BCUT2D eigenvalue weighted by atomic mass is 127. The molecule has 1 aromatic carbocycles. The first kappa shape index (κ1) is 16.0. The summed E-state index contributed by atoms with van der Waals surface area (Å²) in [7, 11) is 0. The van der Waals surface area contributed by atoms with Crippen LogP contribution >= 0.6 is 22.6 Å². The van der Waals surface area contributed by atoms with Crippen LogP contribution in [0.25, 0.3) is 0 Å². The first-order chi connectivity index (χ1) is 10.1. The van der Waals surface area contributed by atoms with Crippen molar-refractivity contribution in [1.82, 2.24) is 10.2 Å². The van der Waals surface area contributed by atoms with Crippen molar-refractivity contribution in [3.63, 3.8) is 0 Å². The van der Waals surface area contributed by atoms with Gasteiger partial charge in [-0.3, -0.25) is 4.79 Å². The maximum Gasteiger partial charge on any atom is 0.405 e. The van der Waals surface area contributed by atoms with Crippen LogP contribution in [0, 0.1) is 3.57 Å². The molecule has 0 aliphatic carbocycles. The molecule has 1 heterocycles. The third-order valence-corrected chi connectivity index (χ3v) is 3.99. The van der Waals surface area contributed by atoms with Gasteiger partial charge in [0.25, 0.3) is 0 Å². The number of nitrogens with zero attached hydrogens (tertiary/aromatic N) is 1. The highest BCUT2D eigenvalue weighted by molar-refractivity contribution is 14.1. The molecule has 0 radical (unpaired) electrons. The molecule has 0 spiro atoms. The van der Waals surface area contributed by atoms with Crippen molar-refractivity contribution < 1.29 is 19.4 Å². The number of carbonyl (C=O) groups is 2. The van der Waals surface area contributed by atoms with Gasteiger partial charge in [-0.25, -0.2) is 4.79 Å². The molecule has 2 rings (SSSR count). The van der Waals surface area contributed by atoms with Crippen LogP contribution in [0.15, 0.2) is 24.3 Å². The summed E-state index contributed by atoms with van der Waals surface area (Å²) in [5, 5.41) is 11.3. The molecule has 2 amide bonds. The van der Waals surface area contributed by atoms with Gasteiger partial charge in [0.2, 0.25) is 5.91 Å². The molecule has 21 heavy (non-hydrogen) atoms. The van der Waals surface area contributed by atoms with E-state index < -0.39 is 12.1 Å². The van der Waals surface area contributed by atoms with Crippen LogP contribution < -0.4 is 5.32 Å². The van der Waals surface area contributed by atoms with E-state index in [1.165, 1.54) is 0 Å². The van der Waals surface area contributed by atoms with Crippen LogP contribution in [0.3, 0.4) is 0 Å². The lowest BCUT2D eigenvalue weighted by molar-refractivity contribution is -0.137. The Kier molecular flexibility index (Phi) is 5.80. The smallest absolute Gasteiger partial charge is 0.405 e. The number of hydrogen-bond acceptors (Lipinski definition) is 3. The second-order valence-electron chi connectivity index (χ2n) is 4.77. The normalized spacial score (nSPS) is 16.3. The number of hydrogen-bond donors (Lipinski definition) is 2. The van der Waals surface area contributed by atoms with E-state index in [2.05, 4.69) is 27.9 Å². The number of ether oxygens (including phenoxy) is 1. The molecule has 1 aromatic rings. The molecule has 7 heteroatoms. The third kappa shape index (κ3) is 4.85. The monoisotopic (exact) mass is 404 g/mol. The predicted molar refractivity (Wildman–Crippen MR) is 85.2 cm³/mol. The van der Waals surface area contributed by atoms with E-state index >= 15 is 0 Å². The van der Waals surface area contributed by atoms with E-state index in [-0.39, 0.29) is 5.91 Å². The maximum absolute atomic E-state index is 12.4. The van der Waals surface area contributed by atoms with Crippen LogP contribution in [0.2, 0.25) is 0 Å². The van der Waals surface area contributed by atoms with Gasteiger partial charge in [0, 0.05) is 23.1 Å². The SMILES string of the molecule is O=C(O)N[C@H](Cc1ccc(I)cc1)C(=O)N1CCOCC1. The minimum absolute atomic E-state index is 0.195. The van der Waals surface area contributed by atoms with Crippen LogP contribution in [-0.4, -0.2) is 54.4 Å². The van der Waals surface area contributed by atoms with Crippen molar-refractivity contribution in [3.05, 3.63) is 33.4 Å². The lowest BCUT2D eigenvalue weighted by atomic mass is 10.0. The number of morpholine rings is 1. The molecule has 1 fully saturated rings. The molecule has 2 N–H and O–H groups in total. The molecule has 0 saturated carbocycles. The van der Waals surface area contributed by atoms with Crippen molar-refractivity contribution >= 4 is 34.6 Å². The van der Waals surface area contributed by atoms with Crippen molar-refractivity contribution in [2.45, 2.75) is 12.5 Å². The van der Waals surface area contributed by atoms with E-state index in [1.54, 1.807) is 4.90 Å². The van der Waals surface area contributed by atoms with Gasteiger partial charge in [-0.2, -0.15) is 0 Å². The Morgan fingerprint density at radius 3 is 2.48 bits per heavy atom. The Balaban J connectivity index is 2.07. The number of benzene rings is 1. The molecule has 6 nitrogen and oxygen atoms in total. The molecule has 0 aromatic heterocycles. The lowest BCUT2D eigenvalue weighted by Gasteiger charge is -2.30. The molecular weight excluding hydrogens is 387 g/mol. The second-order valence-corrected chi connectivity index (χ2v) is 6.02. The predicted octanol–water partition coefficient (Wildman–Crippen LogP) is 1.33. The van der Waals surface area contributed by atoms with E-state index in [4.69, 9.17) is 9.84 Å². The number of rotatable bonds is 4. The van der Waals surface area contributed by atoms with Gasteiger partial charge in [0.15, 0.2) is 0 Å².